The molecule has 0 bridgehead atoms. The van der Waals surface area contributed by atoms with Gasteiger partial charge in [0.1, 0.15) is 5.75 Å². The molecule has 1 N–H and O–H groups in total. The summed E-state index contributed by atoms with van der Waals surface area (Å²) in [6, 6.07) is 13.0. The predicted octanol–water partition coefficient (Wildman–Crippen LogP) is 2.89. The SMILES string of the molecule is COc1ccc2cc(C3CN(CCC(=O)NC4CC4)CCO3)ccc2c1. The molecule has 0 radical (unpaired) electrons. The van der Waals surface area contributed by atoms with Crippen LogP contribution in [0.4, 0.5) is 0 Å². The molecule has 26 heavy (non-hydrogen) atoms. The van der Waals surface area contributed by atoms with Crippen molar-refractivity contribution in [2.45, 2.75) is 31.4 Å². The molecule has 1 aliphatic heterocycles. The third-order valence-electron chi connectivity index (χ3n) is 5.19. The molecule has 1 amide bonds. The van der Waals surface area contributed by atoms with Gasteiger partial charge >= 0.3 is 0 Å². The first-order valence-electron chi connectivity index (χ1n) is 9.42. The Hall–Kier alpha value is -2.11. The van der Waals surface area contributed by atoms with E-state index in [0.29, 0.717) is 19.1 Å². The minimum atomic E-state index is 0.0572. The normalized spacial score (nSPS) is 20.9. The maximum atomic E-state index is 11.9. The van der Waals surface area contributed by atoms with Crippen molar-refractivity contribution in [3.8, 4) is 5.75 Å². The van der Waals surface area contributed by atoms with Crippen molar-refractivity contribution in [3.63, 3.8) is 0 Å². The summed E-state index contributed by atoms with van der Waals surface area (Å²) in [5.74, 6) is 1.05. The van der Waals surface area contributed by atoms with E-state index in [9.17, 15) is 4.79 Å². The van der Waals surface area contributed by atoms with Gasteiger partial charge in [0, 0.05) is 32.1 Å². The Bertz CT molecular complexity index is 788. The molecule has 5 nitrogen and oxygen atoms in total. The number of nitrogens with zero attached hydrogens (tertiary/aromatic N) is 1. The second kappa shape index (κ2) is 7.64. The molecular formula is C21H26N2O3. The van der Waals surface area contributed by atoms with Gasteiger partial charge in [0.2, 0.25) is 5.91 Å². The van der Waals surface area contributed by atoms with Crippen molar-refractivity contribution in [2.24, 2.45) is 0 Å². The number of rotatable bonds is 6. The van der Waals surface area contributed by atoms with E-state index in [1.54, 1.807) is 7.11 Å². The fraction of sp³-hybridized carbons (Fsp3) is 0.476. The highest BCUT2D eigenvalue weighted by Crippen LogP contribution is 2.28. The van der Waals surface area contributed by atoms with E-state index in [1.807, 2.05) is 12.1 Å². The summed E-state index contributed by atoms with van der Waals surface area (Å²) < 4.78 is 11.3. The van der Waals surface area contributed by atoms with E-state index in [0.717, 1.165) is 43.6 Å². The van der Waals surface area contributed by atoms with E-state index in [2.05, 4.69) is 34.5 Å². The summed E-state index contributed by atoms with van der Waals surface area (Å²) in [6.07, 6.45) is 2.90. The van der Waals surface area contributed by atoms with Crippen molar-refractivity contribution in [3.05, 3.63) is 42.0 Å². The van der Waals surface area contributed by atoms with Crippen molar-refractivity contribution >= 4 is 16.7 Å². The molecule has 1 saturated carbocycles. The number of hydrogen-bond donors (Lipinski definition) is 1. The zero-order valence-corrected chi connectivity index (χ0v) is 15.2. The highest BCUT2D eigenvalue weighted by Gasteiger charge is 2.25. The third-order valence-corrected chi connectivity index (χ3v) is 5.19. The topological polar surface area (TPSA) is 50.8 Å². The first kappa shape index (κ1) is 17.3. The average Bonchev–Trinajstić information content (AvgIpc) is 3.49. The number of benzene rings is 2. The predicted molar refractivity (Wildman–Crippen MR) is 101 cm³/mol. The number of carbonyl (C=O) groups excluding carboxylic acids is 1. The zero-order valence-electron chi connectivity index (χ0n) is 15.2. The number of carbonyl (C=O) groups is 1. The summed E-state index contributed by atoms with van der Waals surface area (Å²) in [5.41, 5.74) is 1.19. The molecule has 1 atom stereocenters. The van der Waals surface area contributed by atoms with Crippen LogP contribution in [-0.2, 0) is 9.53 Å². The van der Waals surface area contributed by atoms with Gasteiger partial charge in [0.25, 0.3) is 0 Å². The first-order chi connectivity index (χ1) is 12.7. The highest BCUT2D eigenvalue weighted by molar-refractivity contribution is 5.84. The Kier molecular flexibility index (Phi) is 5.09. The van der Waals surface area contributed by atoms with Crippen LogP contribution in [0.5, 0.6) is 5.75 Å². The van der Waals surface area contributed by atoms with E-state index in [-0.39, 0.29) is 12.0 Å². The van der Waals surface area contributed by atoms with Crippen LogP contribution in [0.2, 0.25) is 0 Å². The average molecular weight is 354 g/mol. The van der Waals surface area contributed by atoms with Crippen molar-refractivity contribution in [1.82, 2.24) is 10.2 Å². The Morgan fingerprint density at radius 3 is 2.85 bits per heavy atom. The fourth-order valence-corrected chi connectivity index (χ4v) is 3.46. The molecule has 0 aromatic heterocycles. The quantitative estimate of drug-likeness (QED) is 0.867. The second-order valence-electron chi connectivity index (χ2n) is 7.22. The number of methoxy groups -OCH3 is 1. The van der Waals surface area contributed by atoms with Crippen molar-refractivity contribution in [2.75, 3.05) is 33.4 Å². The van der Waals surface area contributed by atoms with Crippen LogP contribution in [0.1, 0.15) is 30.9 Å². The van der Waals surface area contributed by atoms with Crippen LogP contribution in [0.3, 0.4) is 0 Å². The summed E-state index contributed by atoms with van der Waals surface area (Å²) in [6.45, 7) is 3.22. The van der Waals surface area contributed by atoms with Gasteiger partial charge in [-0.15, -0.1) is 0 Å². The molecular weight excluding hydrogens is 328 g/mol. The first-order valence-corrected chi connectivity index (χ1v) is 9.42. The Morgan fingerprint density at radius 1 is 1.23 bits per heavy atom. The monoisotopic (exact) mass is 354 g/mol. The molecule has 5 heteroatoms. The van der Waals surface area contributed by atoms with Crippen LogP contribution in [0.15, 0.2) is 36.4 Å². The lowest BCUT2D eigenvalue weighted by molar-refractivity contribution is -0.122. The Balaban J connectivity index is 1.38. The molecule has 2 aromatic carbocycles. The molecule has 138 valence electrons. The van der Waals surface area contributed by atoms with Gasteiger partial charge in [-0.3, -0.25) is 9.69 Å². The molecule has 2 aliphatic rings. The number of morpholine rings is 1. The number of nitrogens with one attached hydrogen (secondary N) is 1. The maximum Gasteiger partial charge on any atom is 0.221 e. The standard InChI is InChI=1S/C21H26N2O3/c1-25-19-7-4-15-12-17(3-2-16(15)13-19)20-14-23(10-11-26-20)9-8-21(24)22-18-5-6-18/h2-4,7,12-13,18,20H,5-6,8-11,14H2,1H3,(H,22,24). The van der Waals surface area contributed by atoms with Crippen LogP contribution < -0.4 is 10.1 Å². The van der Waals surface area contributed by atoms with E-state index in [1.165, 1.54) is 10.9 Å². The van der Waals surface area contributed by atoms with Gasteiger partial charge in [-0.05, 0) is 47.4 Å². The minimum absolute atomic E-state index is 0.0572. The van der Waals surface area contributed by atoms with Gasteiger partial charge in [0.05, 0.1) is 19.8 Å². The van der Waals surface area contributed by atoms with Crippen LogP contribution in [0.25, 0.3) is 10.8 Å². The third kappa shape index (κ3) is 4.17. The van der Waals surface area contributed by atoms with Gasteiger partial charge in [-0.2, -0.15) is 0 Å². The molecule has 4 rings (SSSR count). The summed E-state index contributed by atoms with van der Waals surface area (Å²) in [7, 11) is 1.69. The van der Waals surface area contributed by atoms with E-state index >= 15 is 0 Å². The molecule has 1 saturated heterocycles. The van der Waals surface area contributed by atoms with Crippen molar-refractivity contribution < 1.29 is 14.3 Å². The lowest BCUT2D eigenvalue weighted by Crippen LogP contribution is -2.40. The van der Waals surface area contributed by atoms with Gasteiger partial charge < -0.3 is 14.8 Å². The maximum absolute atomic E-state index is 11.9. The Labute approximate surface area is 154 Å². The lowest BCUT2D eigenvalue weighted by atomic mass is 10.0. The van der Waals surface area contributed by atoms with Gasteiger partial charge in [-0.25, -0.2) is 0 Å². The largest absolute Gasteiger partial charge is 0.497 e. The number of ether oxygens (including phenoxy) is 2. The summed E-state index contributed by atoms with van der Waals surface area (Å²) in [5, 5.41) is 5.41. The molecule has 2 fully saturated rings. The summed E-state index contributed by atoms with van der Waals surface area (Å²) in [4.78, 5) is 14.2. The van der Waals surface area contributed by atoms with Crippen molar-refractivity contribution in [1.29, 1.82) is 0 Å². The molecule has 1 unspecified atom stereocenters. The minimum Gasteiger partial charge on any atom is -0.497 e. The van der Waals surface area contributed by atoms with Crippen LogP contribution in [0, 0.1) is 0 Å². The smallest absolute Gasteiger partial charge is 0.221 e. The van der Waals surface area contributed by atoms with Crippen LogP contribution in [-0.4, -0.2) is 50.2 Å². The second-order valence-corrected chi connectivity index (χ2v) is 7.22. The number of hydrogen-bond acceptors (Lipinski definition) is 4. The molecule has 1 heterocycles. The van der Waals surface area contributed by atoms with Gasteiger partial charge in [0.15, 0.2) is 0 Å². The fourth-order valence-electron chi connectivity index (χ4n) is 3.46. The highest BCUT2D eigenvalue weighted by atomic mass is 16.5. The number of fused-ring (bicyclic) bond motifs is 1. The van der Waals surface area contributed by atoms with Gasteiger partial charge in [-0.1, -0.05) is 18.2 Å². The van der Waals surface area contributed by atoms with E-state index in [4.69, 9.17) is 9.47 Å². The van der Waals surface area contributed by atoms with E-state index < -0.39 is 0 Å². The Morgan fingerprint density at radius 2 is 2.04 bits per heavy atom. The molecule has 2 aromatic rings. The lowest BCUT2D eigenvalue weighted by Gasteiger charge is -2.33. The number of amides is 1. The molecule has 1 aliphatic carbocycles. The zero-order chi connectivity index (χ0) is 17.9. The summed E-state index contributed by atoms with van der Waals surface area (Å²) >= 11 is 0. The molecule has 0 spiro atoms. The van der Waals surface area contributed by atoms with Crippen LogP contribution >= 0.6 is 0 Å².